The van der Waals surface area contributed by atoms with Crippen molar-refractivity contribution in [1.82, 2.24) is 4.90 Å². The van der Waals surface area contributed by atoms with Crippen LogP contribution in [0.5, 0.6) is 0 Å². The summed E-state index contributed by atoms with van der Waals surface area (Å²) in [6.45, 7) is 5.73. The second kappa shape index (κ2) is 9.70. The number of rotatable bonds is 7. The van der Waals surface area contributed by atoms with E-state index in [0.717, 1.165) is 18.5 Å². The summed E-state index contributed by atoms with van der Waals surface area (Å²) >= 11 is 0. The van der Waals surface area contributed by atoms with Crippen LogP contribution in [0.4, 0.5) is 5.69 Å². The number of nitrogens with one attached hydrogen (secondary N) is 2. The third-order valence-electron chi connectivity index (χ3n) is 5.87. The number of fused-ring (bicyclic) bond motifs is 1. The number of likely N-dealkylation sites (N-methyl/N-ethyl adjacent to an activating group) is 1. The predicted octanol–water partition coefficient (Wildman–Crippen LogP) is 2.70. The molecule has 2 atom stereocenters. The Morgan fingerprint density at radius 1 is 1.07 bits per heavy atom. The Kier molecular flexibility index (Phi) is 7.04. The van der Waals surface area contributed by atoms with E-state index in [4.69, 9.17) is 0 Å². The first kappa shape index (κ1) is 21.1. The number of nitrogens with zero attached hydrogens (tertiary/aromatic N) is 1. The molecule has 2 amide bonds. The first-order valence-corrected chi connectivity index (χ1v) is 10.6. The van der Waals surface area contributed by atoms with Crippen molar-refractivity contribution < 1.29 is 14.5 Å². The van der Waals surface area contributed by atoms with E-state index in [-0.39, 0.29) is 11.8 Å². The van der Waals surface area contributed by atoms with Gasteiger partial charge in [0.05, 0.1) is 7.05 Å². The summed E-state index contributed by atoms with van der Waals surface area (Å²) in [4.78, 5) is 28.0. The molecule has 0 spiro atoms. The van der Waals surface area contributed by atoms with Gasteiger partial charge in [-0.3, -0.25) is 9.59 Å². The lowest BCUT2D eigenvalue weighted by atomic mass is 9.87. The summed E-state index contributed by atoms with van der Waals surface area (Å²) in [5.41, 5.74) is 4.16. The molecule has 2 aromatic rings. The molecule has 0 radical (unpaired) electrons. The van der Waals surface area contributed by atoms with Crippen LogP contribution < -0.4 is 10.2 Å². The molecule has 5 nitrogen and oxygen atoms in total. The number of anilines is 1. The number of benzene rings is 2. The third kappa shape index (κ3) is 5.04. The number of hydrogen-bond acceptors (Lipinski definition) is 2. The molecule has 154 valence electrons. The molecule has 0 bridgehead atoms. The van der Waals surface area contributed by atoms with Crippen molar-refractivity contribution in [2.45, 2.75) is 39.2 Å². The zero-order chi connectivity index (χ0) is 20.8. The van der Waals surface area contributed by atoms with Crippen molar-refractivity contribution in [3.05, 3.63) is 65.2 Å². The number of carbonyl (C=O) groups is 2. The van der Waals surface area contributed by atoms with Gasteiger partial charge in [-0.2, -0.15) is 0 Å². The quantitative estimate of drug-likeness (QED) is 0.759. The van der Waals surface area contributed by atoms with Gasteiger partial charge in [-0.05, 0) is 56.5 Å². The highest BCUT2D eigenvalue weighted by molar-refractivity contribution is 5.96. The molecule has 0 aliphatic heterocycles. The number of aryl methyl sites for hydroxylation is 1. The molecule has 0 aromatic heterocycles. The highest BCUT2D eigenvalue weighted by Crippen LogP contribution is 2.27. The number of quaternary nitrogens is 1. The lowest BCUT2D eigenvalue weighted by Gasteiger charge is -2.30. The fourth-order valence-electron chi connectivity index (χ4n) is 4.24. The summed E-state index contributed by atoms with van der Waals surface area (Å²) in [5.74, 6) is 0.0152. The standard InChI is InChI=1S/C24H31N3O2/c1-4-27(5-2)24(29)19-13-15-20(16-14-19)25-23(28)17-26(3)22-12-8-10-18-9-6-7-11-21(18)22/h6-7,9,11,13-16,22H,4-5,8,10,12,17H2,1-3H3,(H,25,28)/p+1/t22-/m0/s1. The fourth-order valence-corrected chi connectivity index (χ4v) is 4.24. The molecular formula is C24H32N3O2+. The Labute approximate surface area is 173 Å². The van der Waals surface area contributed by atoms with Crippen molar-refractivity contribution in [3.8, 4) is 0 Å². The van der Waals surface area contributed by atoms with E-state index < -0.39 is 0 Å². The summed E-state index contributed by atoms with van der Waals surface area (Å²) in [5, 5.41) is 2.97. The minimum Gasteiger partial charge on any atom is -0.339 e. The molecule has 0 saturated carbocycles. The maximum atomic E-state index is 12.6. The molecule has 1 unspecified atom stereocenters. The molecule has 0 fully saturated rings. The minimum atomic E-state index is -0.00614. The molecule has 5 heteroatoms. The van der Waals surface area contributed by atoms with Crippen LogP contribution in [0.25, 0.3) is 0 Å². The highest BCUT2D eigenvalue weighted by atomic mass is 16.2. The van der Waals surface area contributed by atoms with E-state index >= 15 is 0 Å². The second-order valence-electron chi connectivity index (χ2n) is 7.77. The van der Waals surface area contributed by atoms with Gasteiger partial charge in [0.2, 0.25) is 0 Å². The van der Waals surface area contributed by atoms with E-state index in [0.29, 0.717) is 31.2 Å². The molecule has 0 saturated heterocycles. The van der Waals surface area contributed by atoms with E-state index in [1.54, 1.807) is 29.2 Å². The monoisotopic (exact) mass is 394 g/mol. The van der Waals surface area contributed by atoms with Crippen LogP contribution in [-0.2, 0) is 11.2 Å². The zero-order valence-corrected chi connectivity index (χ0v) is 17.7. The Bertz CT molecular complexity index is 843. The van der Waals surface area contributed by atoms with Crippen molar-refractivity contribution in [1.29, 1.82) is 0 Å². The largest absolute Gasteiger partial charge is 0.339 e. The fraction of sp³-hybridized carbons (Fsp3) is 0.417. The molecular weight excluding hydrogens is 362 g/mol. The lowest BCUT2D eigenvalue weighted by molar-refractivity contribution is -0.905. The smallest absolute Gasteiger partial charge is 0.279 e. The van der Waals surface area contributed by atoms with Crippen molar-refractivity contribution in [2.75, 3.05) is 32.0 Å². The summed E-state index contributed by atoms with van der Waals surface area (Å²) < 4.78 is 0. The number of amides is 2. The maximum absolute atomic E-state index is 12.6. The van der Waals surface area contributed by atoms with Gasteiger partial charge >= 0.3 is 0 Å². The van der Waals surface area contributed by atoms with Crippen molar-refractivity contribution in [2.24, 2.45) is 0 Å². The van der Waals surface area contributed by atoms with Crippen molar-refractivity contribution >= 4 is 17.5 Å². The first-order valence-electron chi connectivity index (χ1n) is 10.6. The Morgan fingerprint density at radius 3 is 2.45 bits per heavy atom. The SMILES string of the molecule is CCN(CC)C(=O)c1ccc(NC(=O)C[NH+](C)[C@H]2CCCc3ccccc32)cc1. The Hall–Kier alpha value is -2.66. The summed E-state index contributed by atoms with van der Waals surface area (Å²) in [6, 6.07) is 16.1. The van der Waals surface area contributed by atoms with Gasteiger partial charge in [0.15, 0.2) is 6.54 Å². The van der Waals surface area contributed by atoms with E-state index in [1.807, 2.05) is 13.8 Å². The molecule has 2 N–H and O–H groups in total. The third-order valence-corrected chi connectivity index (χ3v) is 5.87. The van der Waals surface area contributed by atoms with E-state index in [9.17, 15) is 9.59 Å². The van der Waals surface area contributed by atoms with E-state index in [2.05, 4.69) is 36.6 Å². The normalized spacial score (nSPS) is 16.6. The lowest BCUT2D eigenvalue weighted by Crippen LogP contribution is -3.10. The number of hydrogen-bond donors (Lipinski definition) is 2. The Morgan fingerprint density at radius 2 is 1.76 bits per heavy atom. The Balaban J connectivity index is 1.59. The van der Waals surface area contributed by atoms with Gasteiger partial charge in [-0.15, -0.1) is 0 Å². The molecule has 2 aromatic carbocycles. The summed E-state index contributed by atoms with van der Waals surface area (Å²) in [6.07, 6.45) is 3.41. The molecule has 0 heterocycles. The highest BCUT2D eigenvalue weighted by Gasteiger charge is 2.27. The van der Waals surface area contributed by atoms with Crippen LogP contribution in [0.1, 0.15) is 54.2 Å². The van der Waals surface area contributed by atoms with Gasteiger partial charge in [-0.25, -0.2) is 0 Å². The predicted molar refractivity (Wildman–Crippen MR) is 116 cm³/mol. The van der Waals surface area contributed by atoms with Crippen LogP contribution in [0.2, 0.25) is 0 Å². The topological polar surface area (TPSA) is 53.9 Å². The van der Waals surface area contributed by atoms with Gasteiger partial charge < -0.3 is 15.1 Å². The van der Waals surface area contributed by atoms with Gasteiger partial charge in [-0.1, -0.05) is 24.3 Å². The van der Waals surface area contributed by atoms with Crippen LogP contribution in [0, 0.1) is 0 Å². The average molecular weight is 395 g/mol. The van der Waals surface area contributed by atoms with Gasteiger partial charge in [0, 0.05) is 36.3 Å². The molecule has 3 rings (SSSR count). The van der Waals surface area contributed by atoms with Crippen LogP contribution >= 0.6 is 0 Å². The average Bonchev–Trinajstić information content (AvgIpc) is 2.74. The van der Waals surface area contributed by atoms with E-state index in [1.165, 1.54) is 22.4 Å². The van der Waals surface area contributed by atoms with Crippen molar-refractivity contribution in [3.63, 3.8) is 0 Å². The number of carbonyl (C=O) groups excluding carboxylic acids is 2. The van der Waals surface area contributed by atoms with Gasteiger partial charge in [0.1, 0.15) is 6.04 Å². The minimum absolute atomic E-state index is 0.00614. The summed E-state index contributed by atoms with van der Waals surface area (Å²) in [7, 11) is 2.10. The van der Waals surface area contributed by atoms with Crippen LogP contribution in [0.15, 0.2) is 48.5 Å². The molecule has 29 heavy (non-hydrogen) atoms. The van der Waals surface area contributed by atoms with Crippen LogP contribution in [0.3, 0.4) is 0 Å². The zero-order valence-electron chi connectivity index (χ0n) is 17.7. The second-order valence-corrected chi connectivity index (χ2v) is 7.77. The van der Waals surface area contributed by atoms with Crippen LogP contribution in [-0.4, -0.2) is 43.4 Å². The first-order chi connectivity index (χ1) is 14.0. The maximum Gasteiger partial charge on any atom is 0.279 e. The molecule has 1 aliphatic rings. The molecule has 1 aliphatic carbocycles. The van der Waals surface area contributed by atoms with Gasteiger partial charge in [0.25, 0.3) is 11.8 Å².